The monoisotopic (exact) mass is 344 g/mol. The maximum absolute atomic E-state index is 4.39. The number of hydrogen-bond acceptors (Lipinski definition) is 4. The van der Waals surface area contributed by atoms with E-state index in [-0.39, 0.29) is 0 Å². The molecule has 0 radical (unpaired) electrons. The van der Waals surface area contributed by atoms with E-state index in [9.17, 15) is 0 Å². The summed E-state index contributed by atoms with van der Waals surface area (Å²) in [7, 11) is 0. The van der Waals surface area contributed by atoms with E-state index in [0.29, 0.717) is 5.95 Å². The summed E-state index contributed by atoms with van der Waals surface area (Å²) in [5, 5.41) is 16.8. The van der Waals surface area contributed by atoms with Gasteiger partial charge < -0.3 is 0 Å². The highest BCUT2D eigenvalue weighted by Crippen LogP contribution is 2.11. The summed E-state index contributed by atoms with van der Waals surface area (Å²) in [4.78, 5) is 0. The molecule has 21 heavy (non-hydrogen) atoms. The quantitative estimate of drug-likeness (QED) is 0.686. The van der Waals surface area contributed by atoms with Crippen LogP contribution in [-0.4, -0.2) is 30.9 Å². The minimum Gasteiger partial charge on any atom is -0.202 e. The molecule has 6 nitrogen and oxygen atoms in total. The van der Waals surface area contributed by atoms with Crippen LogP contribution >= 0.6 is 15.9 Å². The average molecular weight is 345 g/mol. The van der Waals surface area contributed by atoms with Crippen LogP contribution in [0.5, 0.6) is 0 Å². The number of aromatic nitrogens is 5. The summed E-state index contributed by atoms with van der Waals surface area (Å²) in [6.45, 7) is 3.91. The SMILES string of the molecule is Cc1cc(C)n(-c2nncn2N=Cc2cccc(Br)c2)n1. The van der Waals surface area contributed by atoms with Gasteiger partial charge >= 0.3 is 0 Å². The zero-order valence-electron chi connectivity index (χ0n) is 11.6. The first-order valence-corrected chi connectivity index (χ1v) is 7.16. The van der Waals surface area contributed by atoms with Crippen molar-refractivity contribution in [1.82, 2.24) is 24.7 Å². The third-order valence-electron chi connectivity index (χ3n) is 2.89. The van der Waals surface area contributed by atoms with Gasteiger partial charge in [0.25, 0.3) is 5.95 Å². The van der Waals surface area contributed by atoms with Crippen molar-refractivity contribution in [3.05, 3.63) is 58.1 Å². The van der Waals surface area contributed by atoms with Gasteiger partial charge in [-0.15, -0.1) is 10.2 Å². The van der Waals surface area contributed by atoms with Gasteiger partial charge in [-0.2, -0.15) is 14.9 Å². The smallest absolute Gasteiger partial charge is 0.202 e. The molecule has 3 rings (SSSR count). The summed E-state index contributed by atoms with van der Waals surface area (Å²) in [6.07, 6.45) is 3.31. The Labute approximate surface area is 130 Å². The number of rotatable bonds is 3. The van der Waals surface area contributed by atoms with Crippen LogP contribution in [0.2, 0.25) is 0 Å². The molecule has 0 spiro atoms. The van der Waals surface area contributed by atoms with Crippen LogP contribution in [0, 0.1) is 13.8 Å². The van der Waals surface area contributed by atoms with Gasteiger partial charge in [-0.3, -0.25) is 0 Å². The van der Waals surface area contributed by atoms with Crippen molar-refractivity contribution >= 4 is 22.1 Å². The van der Waals surface area contributed by atoms with Gasteiger partial charge in [0.2, 0.25) is 0 Å². The topological polar surface area (TPSA) is 60.9 Å². The fourth-order valence-corrected chi connectivity index (χ4v) is 2.41. The van der Waals surface area contributed by atoms with Crippen LogP contribution in [0.25, 0.3) is 5.95 Å². The molecule has 0 saturated heterocycles. The maximum Gasteiger partial charge on any atom is 0.273 e. The summed E-state index contributed by atoms with van der Waals surface area (Å²) >= 11 is 3.44. The van der Waals surface area contributed by atoms with Crippen LogP contribution in [-0.2, 0) is 0 Å². The van der Waals surface area contributed by atoms with Crippen LogP contribution in [0.1, 0.15) is 17.0 Å². The molecule has 2 aromatic heterocycles. The Morgan fingerprint density at radius 2 is 2.10 bits per heavy atom. The van der Waals surface area contributed by atoms with Gasteiger partial charge in [0.05, 0.1) is 11.9 Å². The van der Waals surface area contributed by atoms with Gasteiger partial charge in [0, 0.05) is 10.2 Å². The van der Waals surface area contributed by atoms with Crippen LogP contribution in [0.4, 0.5) is 0 Å². The lowest BCUT2D eigenvalue weighted by Gasteiger charge is -2.02. The molecule has 0 aliphatic heterocycles. The van der Waals surface area contributed by atoms with Gasteiger partial charge in [0.15, 0.2) is 0 Å². The standard InChI is InChI=1S/C14H13BrN6/c1-10-6-11(2)21(19-10)14-18-16-9-20(14)17-8-12-4-3-5-13(15)7-12/h3-9H,1-2H3. The van der Waals surface area contributed by atoms with Gasteiger partial charge in [-0.05, 0) is 37.6 Å². The second-order valence-electron chi connectivity index (χ2n) is 4.61. The molecule has 2 heterocycles. The first-order valence-electron chi connectivity index (χ1n) is 6.37. The minimum atomic E-state index is 0.562. The summed E-state index contributed by atoms with van der Waals surface area (Å²) < 4.78 is 4.33. The highest BCUT2D eigenvalue weighted by Gasteiger charge is 2.10. The van der Waals surface area contributed by atoms with E-state index >= 15 is 0 Å². The molecular formula is C14H13BrN6. The van der Waals surface area contributed by atoms with Gasteiger partial charge in [0.1, 0.15) is 6.33 Å². The fourth-order valence-electron chi connectivity index (χ4n) is 1.99. The molecular weight excluding hydrogens is 332 g/mol. The van der Waals surface area contributed by atoms with Crippen molar-refractivity contribution in [1.29, 1.82) is 0 Å². The average Bonchev–Trinajstić information content (AvgIpc) is 3.02. The highest BCUT2D eigenvalue weighted by atomic mass is 79.9. The second-order valence-corrected chi connectivity index (χ2v) is 5.53. The number of halogens is 1. The highest BCUT2D eigenvalue weighted by molar-refractivity contribution is 9.10. The molecule has 0 fully saturated rings. The molecule has 106 valence electrons. The molecule has 0 unspecified atom stereocenters. The van der Waals surface area contributed by atoms with Crippen molar-refractivity contribution in [2.75, 3.05) is 0 Å². The Bertz CT molecular complexity index is 801. The van der Waals surface area contributed by atoms with Crippen molar-refractivity contribution in [2.45, 2.75) is 13.8 Å². The zero-order chi connectivity index (χ0) is 14.8. The second kappa shape index (κ2) is 5.61. The molecule has 0 saturated carbocycles. The van der Waals surface area contributed by atoms with E-state index in [2.05, 4.69) is 36.3 Å². The molecule has 1 aromatic carbocycles. The van der Waals surface area contributed by atoms with Crippen molar-refractivity contribution in [2.24, 2.45) is 5.10 Å². The summed E-state index contributed by atoms with van der Waals surface area (Å²) in [5.41, 5.74) is 2.90. The van der Waals surface area contributed by atoms with E-state index in [1.807, 2.05) is 44.2 Å². The van der Waals surface area contributed by atoms with Crippen LogP contribution in [0.3, 0.4) is 0 Å². The molecule has 0 bridgehead atoms. The Morgan fingerprint density at radius 3 is 2.81 bits per heavy atom. The van der Waals surface area contributed by atoms with Gasteiger partial charge in [-0.1, -0.05) is 28.1 Å². The van der Waals surface area contributed by atoms with E-state index < -0.39 is 0 Å². The first kappa shape index (κ1) is 13.7. The Hall–Kier alpha value is -2.28. The first-order chi connectivity index (χ1) is 10.1. The third kappa shape index (κ3) is 2.92. The number of aryl methyl sites for hydroxylation is 2. The fraction of sp³-hybridized carbons (Fsp3) is 0.143. The normalized spacial score (nSPS) is 11.4. The van der Waals surface area contributed by atoms with E-state index in [0.717, 1.165) is 21.4 Å². The molecule has 7 heteroatoms. The van der Waals surface area contributed by atoms with Crippen LogP contribution in [0.15, 0.2) is 46.2 Å². The molecule has 0 aliphatic rings. The Morgan fingerprint density at radius 1 is 1.24 bits per heavy atom. The van der Waals surface area contributed by atoms with Gasteiger partial charge in [-0.25, -0.2) is 4.68 Å². The zero-order valence-corrected chi connectivity index (χ0v) is 13.2. The largest absolute Gasteiger partial charge is 0.273 e. The number of hydrogen-bond donors (Lipinski definition) is 0. The van der Waals surface area contributed by atoms with Crippen molar-refractivity contribution in [3.63, 3.8) is 0 Å². The lowest BCUT2D eigenvalue weighted by molar-refractivity contribution is 0.717. The molecule has 0 amide bonds. The Kier molecular flexibility index (Phi) is 3.66. The minimum absolute atomic E-state index is 0.562. The summed E-state index contributed by atoms with van der Waals surface area (Å²) in [5.74, 6) is 0.562. The maximum atomic E-state index is 4.39. The van der Waals surface area contributed by atoms with E-state index in [1.54, 1.807) is 21.9 Å². The lowest BCUT2D eigenvalue weighted by atomic mass is 10.2. The molecule has 0 aliphatic carbocycles. The molecule has 0 N–H and O–H groups in total. The van der Waals surface area contributed by atoms with E-state index in [4.69, 9.17) is 0 Å². The van der Waals surface area contributed by atoms with Crippen molar-refractivity contribution in [3.8, 4) is 5.95 Å². The molecule has 3 aromatic rings. The lowest BCUT2D eigenvalue weighted by Crippen LogP contribution is -2.06. The Balaban J connectivity index is 1.94. The van der Waals surface area contributed by atoms with Crippen molar-refractivity contribution < 1.29 is 0 Å². The van der Waals surface area contributed by atoms with E-state index in [1.165, 1.54) is 0 Å². The predicted molar refractivity (Wildman–Crippen MR) is 83.8 cm³/mol. The predicted octanol–water partition coefficient (Wildman–Crippen LogP) is 2.73. The number of nitrogens with zero attached hydrogens (tertiary/aromatic N) is 6. The van der Waals surface area contributed by atoms with Crippen LogP contribution < -0.4 is 0 Å². The third-order valence-corrected chi connectivity index (χ3v) is 3.39. The number of benzene rings is 1. The molecule has 0 atom stereocenters. The summed E-state index contributed by atoms with van der Waals surface area (Å²) in [6, 6.07) is 9.87.